The predicted molar refractivity (Wildman–Crippen MR) is 141 cm³/mol. The highest BCUT2D eigenvalue weighted by Crippen LogP contribution is 2.34. The Balaban J connectivity index is 1.54. The third kappa shape index (κ3) is 6.26. The zero-order chi connectivity index (χ0) is 25.7. The standard InChI is InChI=1S/C28H30ClFN2O3S/c1-3-19(2)16-31(28(34)20-5-4-6-21(29)15-20)17-27(33)32-13-11-26-24(12-14-36-26)25(32)18-35-23-9-7-22(30)8-10-23/h4-10,12,14-15,19,25H,3,11,13,16-18H2,1-2H3/t19-,25-/m0/s1. The number of halogens is 2. The predicted octanol–water partition coefficient (Wildman–Crippen LogP) is 6.23. The van der Waals surface area contributed by atoms with Crippen molar-refractivity contribution in [2.75, 3.05) is 26.2 Å². The van der Waals surface area contributed by atoms with Crippen LogP contribution in [0, 0.1) is 11.7 Å². The lowest BCUT2D eigenvalue weighted by atomic mass is 10.00. The van der Waals surface area contributed by atoms with Crippen LogP contribution in [0.15, 0.2) is 60.0 Å². The van der Waals surface area contributed by atoms with Crippen LogP contribution in [0.2, 0.25) is 5.02 Å². The molecule has 3 aromatic rings. The molecule has 0 N–H and O–H groups in total. The van der Waals surface area contributed by atoms with E-state index in [9.17, 15) is 14.0 Å². The molecule has 8 heteroatoms. The fourth-order valence-electron chi connectivity index (χ4n) is 4.36. The van der Waals surface area contributed by atoms with Crippen molar-refractivity contribution in [3.63, 3.8) is 0 Å². The number of benzene rings is 2. The van der Waals surface area contributed by atoms with E-state index in [1.54, 1.807) is 52.6 Å². The number of rotatable bonds is 9. The average molecular weight is 529 g/mol. The average Bonchev–Trinajstić information content (AvgIpc) is 3.36. The van der Waals surface area contributed by atoms with Gasteiger partial charge in [-0.15, -0.1) is 11.3 Å². The van der Waals surface area contributed by atoms with E-state index in [2.05, 4.69) is 13.8 Å². The molecule has 0 saturated carbocycles. The van der Waals surface area contributed by atoms with E-state index >= 15 is 0 Å². The van der Waals surface area contributed by atoms with Crippen molar-refractivity contribution in [3.05, 3.63) is 86.8 Å². The fraction of sp³-hybridized carbons (Fsp3) is 0.357. The van der Waals surface area contributed by atoms with Crippen molar-refractivity contribution in [2.45, 2.75) is 32.7 Å². The first-order chi connectivity index (χ1) is 17.4. The maximum absolute atomic E-state index is 13.7. The minimum atomic E-state index is -0.331. The summed E-state index contributed by atoms with van der Waals surface area (Å²) in [5, 5.41) is 2.51. The van der Waals surface area contributed by atoms with Gasteiger partial charge in [-0.3, -0.25) is 9.59 Å². The van der Waals surface area contributed by atoms with Gasteiger partial charge in [-0.05, 0) is 71.8 Å². The van der Waals surface area contributed by atoms with Gasteiger partial charge in [0, 0.05) is 28.6 Å². The van der Waals surface area contributed by atoms with Crippen LogP contribution < -0.4 is 4.74 Å². The SMILES string of the molecule is CC[C@H](C)CN(CC(=O)N1CCc2sccc2[C@@H]1COc1ccc(F)cc1)C(=O)c1cccc(Cl)c1. The molecule has 0 fully saturated rings. The van der Waals surface area contributed by atoms with Gasteiger partial charge in [0.2, 0.25) is 5.91 Å². The van der Waals surface area contributed by atoms with Crippen molar-refractivity contribution >= 4 is 34.8 Å². The highest BCUT2D eigenvalue weighted by molar-refractivity contribution is 7.10. The number of nitrogens with zero attached hydrogens (tertiary/aromatic N) is 2. The van der Waals surface area contributed by atoms with Gasteiger partial charge >= 0.3 is 0 Å². The van der Waals surface area contributed by atoms with Gasteiger partial charge in [-0.25, -0.2) is 4.39 Å². The molecule has 0 radical (unpaired) electrons. The summed E-state index contributed by atoms with van der Waals surface area (Å²) in [5.74, 6) is 0.114. The Bertz CT molecular complexity index is 1200. The maximum Gasteiger partial charge on any atom is 0.254 e. The summed E-state index contributed by atoms with van der Waals surface area (Å²) < 4.78 is 19.3. The molecule has 0 bridgehead atoms. The molecule has 0 spiro atoms. The smallest absolute Gasteiger partial charge is 0.254 e. The maximum atomic E-state index is 13.7. The molecule has 2 heterocycles. The molecule has 36 heavy (non-hydrogen) atoms. The first-order valence-corrected chi connectivity index (χ1v) is 13.4. The van der Waals surface area contributed by atoms with Crippen molar-refractivity contribution < 1.29 is 18.7 Å². The second kappa shape index (κ2) is 11.9. The first-order valence-electron chi connectivity index (χ1n) is 12.1. The van der Waals surface area contributed by atoms with Crippen LogP contribution in [0.3, 0.4) is 0 Å². The highest BCUT2D eigenvalue weighted by Gasteiger charge is 2.34. The van der Waals surface area contributed by atoms with Crippen LogP contribution in [0.4, 0.5) is 4.39 Å². The van der Waals surface area contributed by atoms with Gasteiger partial charge in [-0.1, -0.05) is 37.9 Å². The van der Waals surface area contributed by atoms with Crippen LogP contribution >= 0.6 is 22.9 Å². The molecule has 2 atom stereocenters. The Morgan fingerprint density at radius 3 is 2.72 bits per heavy atom. The Morgan fingerprint density at radius 2 is 2.00 bits per heavy atom. The van der Waals surface area contributed by atoms with E-state index in [0.29, 0.717) is 29.4 Å². The topological polar surface area (TPSA) is 49.9 Å². The molecule has 5 nitrogen and oxygen atoms in total. The number of amides is 2. The molecule has 1 aliphatic rings. The van der Waals surface area contributed by atoms with Gasteiger partial charge in [0.25, 0.3) is 5.91 Å². The summed E-state index contributed by atoms with van der Waals surface area (Å²) in [6, 6.07) is 14.4. The lowest BCUT2D eigenvalue weighted by Gasteiger charge is -2.37. The van der Waals surface area contributed by atoms with E-state index in [-0.39, 0.29) is 42.7 Å². The van der Waals surface area contributed by atoms with Crippen LogP contribution in [0.25, 0.3) is 0 Å². The number of carbonyl (C=O) groups is 2. The van der Waals surface area contributed by atoms with Gasteiger partial charge in [0.05, 0.1) is 6.04 Å². The third-order valence-corrected chi connectivity index (χ3v) is 7.78. The van der Waals surface area contributed by atoms with E-state index in [0.717, 1.165) is 18.4 Å². The van der Waals surface area contributed by atoms with E-state index in [4.69, 9.17) is 16.3 Å². The lowest BCUT2D eigenvalue weighted by molar-refractivity contribution is -0.135. The van der Waals surface area contributed by atoms with Crippen molar-refractivity contribution in [1.82, 2.24) is 9.80 Å². The normalized spacial score (nSPS) is 15.8. The quantitative estimate of drug-likeness (QED) is 0.330. The largest absolute Gasteiger partial charge is 0.491 e. The molecule has 0 aliphatic carbocycles. The molecule has 0 unspecified atom stereocenters. The minimum absolute atomic E-state index is 0.0256. The molecule has 0 saturated heterocycles. The second-order valence-electron chi connectivity index (χ2n) is 9.13. The van der Waals surface area contributed by atoms with E-state index in [1.807, 2.05) is 16.3 Å². The van der Waals surface area contributed by atoms with Crippen LogP contribution in [-0.4, -0.2) is 47.9 Å². The molecular weight excluding hydrogens is 499 g/mol. The Morgan fingerprint density at radius 1 is 1.22 bits per heavy atom. The minimum Gasteiger partial charge on any atom is -0.491 e. The van der Waals surface area contributed by atoms with E-state index < -0.39 is 0 Å². The van der Waals surface area contributed by atoms with Crippen molar-refractivity contribution in [2.24, 2.45) is 5.92 Å². The second-order valence-corrected chi connectivity index (χ2v) is 10.6. The summed E-state index contributed by atoms with van der Waals surface area (Å²) in [6.45, 7) is 5.38. The van der Waals surface area contributed by atoms with Gasteiger partial charge in [-0.2, -0.15) is 0 Å². The number of hydrogen-bond acceptors (Lipinski definition) is 4. The zero-order valence-corrected chi connectivity index (χ0v) is 22.0. The monoisotopic (exact) mass is 528 g/mol. The summed E-state index contributed by atoms with van der Waals surface area (Å²) in [5.41, 5.74) is 1.53. The van der Waals surface area contributed by atoms with E-state index in [1.165, 1.54) is 17.0 Å². The highest BCUT2D eigenvalue weighted by atomic mass is 35.5. The molecule has 2 amide bonds. The van der Waals surface area contributed by atoms with Gasteiger partial charge < -0.3 is 14.5 Å². The van der Waals surface area contributed by atoms with Crippen LogP contribution in [-0.2, 0) is 11.2 Å². The zero-order valence-electron chi connectivity index (χ0n) is 20.5. The number of fused-ring (bicyclic) bond motifs is 1. The van der Waals surface area contributed by atoms with Gasteiger partial charge in [0.1, 0.15) is 24.7 Å². The summed E-state index contributed by atoms with van der Waals surface area (Å²) in [4.78, 5) is 31.7. The molecular formula is C28H30ClFN2O3S. The molecule has 1 aliphatic heterocycles. The van der Waals surface area contributed by atoms with Crippen LogP contribution in [0.5, 0.6) is 5.75 Å². The summed E-state index contributed by atoms with van der Waals surface area (Å²) in [7, 11) is 0. The van der Waals surface area contributed by atoms with Crippen molar-refractivity contribution in [1.29, 1.82) is 0 Å². The van der Waals surface area contributed by atoms with Crippen molar-refractivity contribution in [3.8, 4) is 5.75 Å². The summed E-state index contributed by atoms with van der Waals surface area (Å²) in [6.07, 6.45) is 1.66. The Labute approximate surface area is 220 Å². The third-order valence-electron chi connectivity index (χ3n) is 6.55. The Kier molecular flexibility index (Phi) is 8.64. The molecule has 190 valence electrons. The first kappa shape index (κ1) is 26.2. The lowest BCUT2D eigenvalue weighted by Crippen LogP contribution is -2.48. The Hall–Kier alpha value is -2.90. The number of hydrogen-bond donors (Lipinski definition) is 0. The number of carbonyl (C=O) groups excluding carboxylic acids is 2. The molecule has 4 rings (SSSR count). The molecule has 2 aromatic carbocycles. The number of thiophene rings is 1. The van der Waals surface area contributed by atoms with Crippen LogP contribution in [0.1, 0.15) is 47.1 Å². The van der Waals surface area contributed by atoms with Gasteiger partial charge in [0.15, 0.2) is 0 Å². The molecule has 1 aromatic heterocycles. The summed E-state index contributed by atoms with van der Waals surface area (Å²) >= 11 is 7.80. The fourth-order valence-corrected chi connectivity index (χ4v) is 5.48. The number of ether oxygens (including phenoxy) is 1.